The van der Waals surface area contributed by atoms with Gasteiger partial charge >= 0.3 is 0 Å². The Morgan fingerprint density at radius 3 is 3.00 bits per heavy atom. The van der Waals surface area contributed by atoms with Crippen LogP contribution >= 0.6 is 22.6 Å². The molecule has 0 aromatic heterocycles. The van der Waals surface area contributed by atoms with Crippen LogP contribution in [0.4, 0.5) is 0 Å². The first-order chi connectivity index (χ1) is 6.66. The maximum absolute atomic E-state index is 5.60. The summed E-state index contributed by atoms with van der Waals surface area (Å²) in [6.07, 6.45) is 0. The zero-order chi connectivity index (χ0) is 10.1. The van der Waals surface area contributed by atoms with Crippen LogP contribution < -0.4 is 10.1 Å². The van der Waals surface area contributed by atoms with Gasteiger partial charge in [0.2, 0.25) is 0 Å². The highest BCUT2D eigenvalue weighted by Crippen LogP contribution is 2.33. The second kappa shape index (κ2) is 4.06. The van der Waals surface area contributed by atoms with E-state index in [9.17, 15) is 0 Å². The summed E-state index contributed by atoms with van der Waals surface area (Å²) in [5.74, 6) is 1.03. The normalized spacial score (nSPS) is 19.6. The molecule has 0 radical (unpaired) electrons. The summed E-state index contributed by atoms with van der Waals surface area (Å²) in [5.41, 5.74) is 1.30. The van der Waals surface area contributed by atoms with Gasteiger partial charge in [0, 0.05) is 15.2 Å². The van der Waals surface area contributed by atoms with E-state index in [1.54, 1.807) is 0 Å². The van der Waals surface area contributed by atoms with Crippen molar-refractivity contribution in [3.8, 4) is 5.75 Å². The molecule has 14 heavy (non-hydrogen) atoms. The van der Waals surface area contributed by atoms with Gasteiger partial charge in [-0.1, -0.05) is 13.8 Å². The van der Waals surface area contributed by atoms with Crippen molar-refractivity contribution >= 4 is 22.6 Å². The highest BCUT2D eigenvalue weighted by atomic mass is 127. The van der Waals surface area contributed by atoms with Crippen LogP contribution in [0.2, 0.25) is 0 Å². The molecule has 1 atom stereocenters. The molecule has 1 aromatic carbocycles. The average molecular weight is 303 g/mol. The smallest absolute Gasteiger partial charge is 0.124 e. The molecule has 0 fully saturated rings. The third-order valence-electron chi connectivity index (χ3n) is 2.29. The lowest BCUT2D eigenvalue weighted by molar-refractivity contribution is 0.303. The Morgan fingerprint density at radius 2 is 2.29 bits per heavy atom. The molecule has 1 aromatic rings. The zero-order valence-electron chi connectivity index (χ0n) is 8.38. The molecule has 0 spiro atoms. The summed E-state index contributed by atoms with van der Waals surface area (Å²) in [5, 5.41) is 3.50. The average Bonchev–Trinajstić information content (AvgIpc) is 2.47. The monoisotopic (exact) mass is 303 g/mol. The third kappa shape index (κ3) is 2.03. The van der Waals surface area contributed by atoms with Crippen LogP contribution in [0, 0.1) is 3.57 Å². The van der Waals surface area contributed by atoms with Crippen molar-refractivity contribution in [3.05, 3.63) is 27.3 Å². The van der Waals surface area contributed by atoms with Gasteiger partial charge in [0.15, 0.2) is 0 Å². The van der Waals surface area contributed by atoms with Gasteiger partial charge in [-0.3, -0.25) is 0 Å². The van der Waals surface area contributed by atoms with E-state index in [1.807, 2.05) is 0 Å². The molecule has 0 amide bonds. The number of halogens is 1. The van der Waals surface area contributed by atoms with Crippen LogP contribution in [-0.4, -0.2) is 12.6 Å². The molecule has 1 unspecified atom stereocenters. The molecule has 2 rings (SSSR count). The highest BCUT2D eigenvalue weighted by Gasteiger charge is 2.24. The molecule has 1 N–H and O–H groups in total. The fourth-order valence-corrected chi connectivity index (χ4v) is 2.24. The fraction of sp³-hybridized carbons (Fsp3) is 0.455. The topological polar surface area (TPSA) is 21.3 Å². The Kier molecular flexibility index (Phi) is 2.97. The lowest BCUT2D eigenvalue weighted by Gasteiger charge is -2.14. The SMILES string of the molecule is CC(C)NC1COc2ccc(I)cc21. The highest BCUT2D eigenvalue weighted by molar-refractivity contribution is 14.1. The molecular weight excluding hydrogens is 289 g/mol. The van der Waals surface area contributed by atoms with Gasteiger partial charge in [0.25, 0.3) is 0 Å². The van der Waals surface area contributed by atoms with Crippen molar-refractivity contribution in [2.45, 2.75) is 25.9 Å². The van der Waals surface area contributed by atoms with Gasteiger partial charge in [-0.15, -0.1) is 0 Å². The molecular formula is C11H14INO. The number of fused-ring (bicyclic) bond motifs is 1. The van der Waals surface area contributed by atoms with Gasteiger partial charge in [-0.2, -0.15) is 0 Å². The molecule has 1 aliphatic rings. The summed E-state index contributed by atoms with van der Waals surface area (Å²) in [6.45, 7) is 5.07. The molecule has 76 valence electrons. The Labute approximate surface area is 98.2 Å². The van der Waals surface area contributed by atoms with E-state index in [2.05, 4.69) is 60.0 Å². The summed E-state index contributed by atoms with van der Waals surface area (Å²) in [6, 6.07) is 7.19. The van der Waals surface area contributed by atoms with Crippen LogP contribution in [-0.2, 0) is 0 Å². The standard InChI is InChI=1S/C11H14INO/c1-7(2)13-10-6-14-11-4-3-8(12)5-9(10)11/h3-5,7,10,13H,6H2,1-2H3. The molecule has 1 heterocycles. The largest absolute Gasteiger partial charge is 0.491 e. The van der Waals surface area contributed by atoms with E-state index in [4.69, 9.17) is 4.74 Å². The van der Waals surface area contributed by atoms with Crippen molar-refractivity contribution in [1.29, 1.82) is 0 Å². The van der Waals surface area contributed by atoms with Crippen molar-refractivity contribution < 1.29 is 4.74 Å². The maximum Gasteiger partial charge on any atom is 0.124 e. The summed E-state index contributed by atoms with van der Waals surface area (Å²) in [7, 11) is 0. The minimum atomic E-state index is 0.361. The number of nitrogens with one attached hydrogen (secondary N) is 1. The van der Waals surface area contributed by atoms with Gasteiger partial charge in [-0.25, -0.2) is 0 Å². The number of hydrogen-bond acceptors (Lipinski definition) is 2. The van der Waals surface area contributed by atoms with Crippen LogP contribution in [0.25, 0.3) is 0 Å². The molecule has 0 saturated carbocycles. The quantitative estimate of drug-likeness (QED) is 0.848. The molecule has 0 aliphatic carbocycles. The fourth-order valence-electron chi connectivity index (χ4n) is 1.73. The molecule has 0 saturated heterocycles. The minimum absolute atomic E-state index is 0.361. The Morgan fingerprint density at radius 1 is 1.50 bits per heavy atom. The van der Waals surface area contributed by atoms with Crippen LogP contribution in [0.15, 0.2) is 18.2 Å². The predicted octanol–water partition coefficient (Wildman–Crippen LogP) is 2.72. The van der Waals surface area contributed by atoms with E-state index in [0.717, 1.165) is 12.4 Å². The number of hydrogen-bond donors (Lipinski definition) is 1. The zero-order valence-corrected chi connectivity index (χ0v) is 10.5. The van der Waals surface area contributed by atoms with E-state index in [0.29, 0.717) is 12.1 Å². The maximum atomic E-state index is 5.60. The molecule has 2 nitrogen and oxygen atoms in total. The number of rotatable bonds is 2. The van der Waals surface area contributed by atoms with E-state index in [-0.39, 0.29) is 0 Å². The van der Waals surface area contributed by atoms with Crippen molar-refractivity contribution in [1.82, 2.24) is 5.32 Å². The predicted molar refractivity (Wildman–Crippen MR) is 65.7 cm³/mol. The Hall–Kier alpha value is -0.290. The van der Waals surface area contributed by atoms with E-state index >= 15 is 0 Å². The van der Waals surface area contributed by atoms with E-state index < -0.39 is 0 Å². The Balaban J connectivity index is 2.24. The van der Waals surface area contributed by atoms with Gasteiger partial charge in [0.1, 0.15) is 12.4 Å². The van der Waals surface area contributed by atoms with Gasteiger partial charge in [-0.05, 0) is 40.8 Å². The lowest BCUT2D eigenvalue weighted by Crippen LogP contribution is -2.28. The van der Waals surface area contributed by atoms with Crippen LogP contribution in [0.1, 0.15) is 25.5 Å². The molecule has 0 bridgehead atoms. The van der Waals surface area contributed by atoms with Gasteiger partial charge < -0.3 is 10.1 Å². The molecule has 1 aliphatic heterocycles. The summed E-state index contributed by atoms with van der Waals surface area (Å²) in [4.78, 5) is 0. The van der Waals surface area contributed by atoms with Crippen molar-refractivity contribution in [2.75, 3.05) is 6.61 Å². The van der Waals surface area contributed by atoms with Gasteiger partial charge in [0.05, 0.1) is 6.04 Å². The van der Waals surface area contributed by atoms with Crippen LogP contribution in [0.5, 0.6) is 5.75 Å². The summed E-state index contributed by atoms with van der Waals surface area (Å²) >= 11 is 2.33. The second-order valence-corrected chi connectivity index (χ2v) is 5.11. The Bertz CT molecular complexity index is 338. The first-order valence-electron chi connectivity index (χ1n) is 4.85. The number of benzene rings is 1. The van der Waals surface area contributed by atoms with Crippen molar-refractivity contribution in [3.63, 3.8) is 0 Å². The third-order valence-corrected chi connectivity index (χ3v) is 2.96. The second-order valence-electron chi connectivity index (χ2n) is 3.87. The van der Waals surface area contributed by atoms with Crippen LogP contribution in [0.3, 0.4) is 0 Å². The van der Waals surface area contributed by atoms with Crippen molar-refractivity contribution in [2.24, 2.45) is 0 Å². The first-order valence-corrected chi connectivity index (χ1v) is 5.93. The molecule has 3 heteroatoms. The first kappa shape index (κ1) is 10.2. The van der Waals surface area contributed by atoms with E-state index in [1.165, 1.54) is 9.13 Å². The number of ether oxygens (including phenoxy) is 1. The lowest BCUT2D eigenvalue weighted by atomic mass is 10.1. The summed E-state index contributed by atoms with van der Waals surface area (Å²) < 4.78 is 6.87. The minimum Gasteiger partial charge on any atom is -0.491 e.